The van der Waals surface area contributed by atoms with Crippen molar-refractivity contribution in [2.45, 2.75) is 25.5 Å². The third-order valence-corrected chi connectivity index (χ3v) is 5.53. The van der Waals surface area contributed by atoms with Gasteiger partial charge in [0.05, 0.1) is 31.4 Å². The van der Waals surface area contributed by atoms with Gasteiger partial charge in [0, 0.05) is 36.2 Å². The first-order chi connectivity index (χ1) is 20.7. The maximum Gasteiger partial charge on any atom is 0.408 e. The summed E-state index contributed by atoms with van der Waals surface area (Å²) in [6.07, 6.45) is -0.952. The number of carbonyl (C=O) groups excluding carboxylic acids is 4. The minimum Gasteiger partial charge on any atom is -0.445 e. The lowest BCUT2D eigenvalue weighted by molar-refractivity contribution is -0.385. The summed E-state index contributed by atoms with van der Waals surface area (Å²) in [6, 6.07) is 11.4. The molecule has 2 aromatic carbocycles. The Balaban J connectivity index is 1.63. The quantitative estimate of drug-likeness (QED) is 0.0458. The second-order valence-corrected chi connectivity index (χ2v) is 8.68. The van der Waals surface area contributed by atoms with Gasteiger partial charge in [-0.3, -0.25) is 24.5 Å². The van der Waals surface area contributed by atoms with E-state index in [0.29, 0.717) is 0 Å². The molecular formula is C26H32N8O9. The van der Waals surface area contributed by atoms with Crippen LogP contribution in [0, 0.1) is 10.1 Å². The number of rotatable bonds is 19. The van der Waals surface area contributed by atoms with Gasteiger partial charge in [-0.05, 0) is 23.6 Å². The molecule has 0 heterocycles. The third kappa shape index (κ3) is 13.3. The van der Waals surface area contributed by atoms with E-state index >= 15 is 0 Å². The van der Waals surface area contributed by atoms with Crippen LogP contribution in [0.3, 0.4) is 0 Å². The zero-order valence-electron chi connectivity index (χ0n) is 23.1. The molecular weight excluding hydrogens is 568 g/mol. The Morgan fingerprint density at radius 3 is 2.30 bits per heavy atom. The van der Waals surface area contributed by atoms with Crippen LogP contribution < -0.4 is 21.7 Å². The molecule has 17 nitrogen and oxygen atoms in total. The number of nitro benzene ring substituents is 1. The van der Waals surface area contributed by atoms with Crippen LogP contribution in [0.2, 0.25) is 0 Å². The average molecular weight is 601 g/mol. The van der Waals surface area contributed by atoms with Gasteiger partial charge >= 0.3 is 6.09 Å². The number of nitrogens with two attached hydrogens (primary N) is 1. The van der Waals surface area contributed by atoms with Crippen molar-refractivity contribution in [2.24, 2.45) is 10.8 Å². The number of benzene rings is 2. The molecule has 0 spiro atoms. The van der Waals surface area contributed by atoms with Crippen LogP contribution >= 0.6 is 0 Å². The van der Waals surface area contributed by atoms with Crippen molar-refractivity contribution >= 4 is 35.2 Å². The van der Waals surface area contributed by atoms with Crippen molar-refractivity contribution in [2.75, 3.05) is 39.5 Å². The van der Waals surface area contributed by atoms with Crippen LogP contribution in [0.25, 0.3) is 10.4 Å². The summed E-state index contributed by atoms with van der Waals surface area (Å²) >= 11 is 0. The van der Waals surface area contributed by atoms with Crippen LogP contribution in [0.5, 0.6) is 0 Å². The summed E-state index contributed by atoms with van der Waals surface area (Å²) < 4.78 is 15.9. The topological polar surface area (TPSA) is 250 Å². The van der Waals surface area contributed by atoms with Gasteiger partial charge < -0.3 is 35.9 Å². The summed E-state index contributed by atoms with van der Waals surface area (Å²) in [5.74, 6) is -1.86. The number of ether oxygens (including phenoxy) is 3. The second-order valence-electron chi connectivity index (χ2n) is 8.68. The number of amides is 4. The monoisotopic (exact) mass is 600 g/mol. The number of nitro groups is 1. The molecule has 4 amide bonds. The van der Waals surface area contributed by atoms with E-state index in [1.165, 1.54) is 12.1 Å². The lowest BCUT2D eigenvalue weighted by Crippen LogP contribution is -2.48. The molecule has 0 bridgehead atoms. The molecule has 0 saturated heterocycles. The number of nitrogens with zero attached hydrogens (tertiary/aromatic N) is 4. The molecule has 2 rings (SSSR count). The molecule has 17 heteroatoms. The maximum absolute atomic E-state index is 12.5. The van der Waals surface area contributed by atoms with Crippen LogP contribution in [0.15, 0.2) is 53.6 Å². The largest absolute Gasteiger partial charge is 0.445 e. The highest BCUT2D eigenvalue weighted by molar-refractivity contribution is 5.98. The smallest absolute Gasteiger partial charge is 0.408 e. The Morgan fingerprint density at radius 1 is 1.00 bits per heavy atom. The Hall–Kier alpha value is -5.25. The lowest BCUT2D eigenvalue weighted by atomic mass is 10.1. The number of azide groups is 1. The van der Waals surface area contributed by atoms with Crippen LogP contribution in [0.4, 0.5) is 16.2 Å². The fraction of sp³-hybridized carbons (Fsp3) is 0.385. The maximum atomic E-state index is 12.5. The Kier molecular flexibility index (Phi) is 15.0. The van der Waals surface area contributed by atoms with Gasteiger partial charge in [0.2, 0.25) is 11.8 Å². The van der Waals surface area contributed by atoms with E-state index in [1.54, 1.807) is 24.3 Å². The van der Waals surface area contributed by atoms with E-state index in [1.807, 2.05) is 6.07 Å². The Morgan fingerprint density at radius 2 is 1.67 bits per heavy atom. The van der Waals surface area contributed by atoms with Gasteiger partial charge in [-0.25, -0.2) is 4.79 Å². The minimum atomic E-state index is -1.04. The summed E-state index contributed by atoms with van der Waals surface area (Å²) in [4.78, 5) is 61.2. The fourth-order valence-corrected chi connectivity index (χ4v) is 3.46. The summed E-state index contributed by atoms with van der Waals surface area (Å²) in [7, 11) is 0. The normalized spacial score (nSPS) is 11.0. The van der Waals surface area contributed by atoms with Gasteiger partial charge in [0.1, 0.15) is 18.2 Å². The zero-order chi connectivity index (χ0) is 31.5. The van der Waals surface area contributed by atoms with E-state index in [2.05, 4.69) is 26.0 Å². The number of alkyl carbamates (subject to hydrolysis) is 1. The van der Waals surface area contributed by atoms with Crippen molar-refractivity contribution < 1.29 is 38.3 Å². The molecule has 0 aliphatic rings. The first-order valence-electron chi connectivity index (χ1n) is 13.0. The number of nitrogens with one attached hydrogen (secondary N) is 3. The van der Waals surface area contributed by atoms with Crippen molar-refractivity contribution in [1.29, 1.82) is 0 Å². The van der Waals surface area contributed by atoms with Crippen molar-refractivity contribution in [3.8, 4) is 0 Å². The molecule has 0 aliphatic carbocycles. The second kappa shape index (κ2) is 19.0. The summed E-state index contributed by atoms with van der Waals surface area (Å²) in [6.45, 7) is 0.756. The number of carbonyl (C=O) groups is 4. The highest BCUT2D eigenvalue weighted by atomic mass is 16.6. The van der Waals surface area contributed by atoms with Gasteiger partial charge in [-0.1, -0.05) is 41.5 Å². The average Bonchev–Trinajstić information content (AvgIpc) is 2.99. The standard InChI is InChI=1S/C26H32N8O9/c27-23(35)9-8-21(31-26(38)43-17-18-4-2-1-3-5-18)25(37)30-11-13-42-15-14-41-12-10-29-24(36)20-7-6-19(32-33-28)16-22(20)34(39)40/h1-7,16,21H,8-15,17H2,(H2,27,35)(H,29,36)(H,30,37)(H,31,38). The van der Waals surface area contributed by atoms with Gasteiger partial charge in [0.15, 0.2) is 0 Å². The van der Waals surface area contributed by atoms with E-state index in [0.717, 1.165) is 11.6 Å². The van der Waals surface area contributed by atoms with Crippen LogP contribution in [-0.4, -0.2) is 74.3 Å². The molecule has 230 valence electrons. The van der Waals surface area contributed by atoms with E-state index in [9.17, 15) is 29.3 Å². The third-order valence-electron chi connectivity index (χ3n) is 5.53. The molecule has 1 unspecified atom stereocenters. The fourth-order valence-electron chi connectivity index (χ4n) is 3.46. The SMILES string of the molecule is [N-]=[N+]=Nc1ccc(C(=O)NCCOCCOCCNC(=O)C(CCC(N)=O)NC(=O)OCc2ccccc2)c([N+](=O)[O-])c1. The van der Waals surface area contributed by atoms with Crippen molar-refractivity contribution in [3.05, 3.63) is 80.2 Å². The molecule has 0 fully saturated rings. The highest BCUT2D eigenvalue weighted by Crippen LogP contribution is 2.25. The number of hydrogen-bond acceptors (Lipinski definition) is 10. The minimum absolute atomic E-state index is 0.00690. The first-order valence-corrected chi connectivity index (χ1v) is 13.0. The molecule has 0 radical (unpaired) electrons. The predicted molar refractivity (Wildman–Crippen MR) is 151 cm³/mol. The Labute approximate surface area is 245 Å². The Bertz CT molecular complexity index is 1300. The number of hydrogen-bond donors (Lipinski definition) is 4. The van der Waals surface area contributed by atoms with Crippen molar-refractivity contribution in [1.82, 2.24) is 16.0 Å². The van der Waals surface area contributed by atoms with E-state index < -0.39 is 40.5 Å². The van der Waals surface area contributed by atoms with Gasteiger partial charge in [-0.15, -0.1) is 0 Å². The predicted octanol–water partition coefficient (Wildman–Crippen LogP) is 1.98. The summed E-state index contributed by atoms with van der Waals surface area (Å²) in [5.41, 5.74) is 13.7. The van der Waals surface area contributed by atoms with Crippen LogP contribution in [0.1, 0.15) is 28.8 Å². The van der Waals surface area contributed by atoms with Gasteiger partial charge in [0.25, 0.3) is 11.6 Å². The van der Waals surface area contributed by atoms with Crippen molar-refractivity contribution in [3.63, 3.8) is 0 Å². The van der Waals surface area contributed by atoms with E-state index in [4.69, 9.17) is 25.5 Å². The molecule has 0 aromatic heterocycles. The molecule has 0 saturated carbocycles. The van der Waals surface area contributed by atoms with Crippen LogP contribution in [-0.2, 0) is 30.4 Å². The molecule has 43 heavy (non-hydrogen) atoms. The summed E-state index contributed by atoms with van der Waals surface area (Å²) in [5, 5.41) is 22.1. The number of primary amides is 1. The first kappa shape index (κ1) is 34.0. The zero-order valence-corrected chi connectivity index (χ0v) is 23.1. The van der Waals surface area contributed by atoms with E-state index in [-0.39, 0.29) is 70.2 Å². The molecule has 5 N–H and O–H groups in total. The molecule has 1 atom stereocenters. The van der Waals surface area contributed by atoms with Gasteiger partial charge in [-0.2, -0.15) is 0 Å². The molecule has 0 aliphatic heterocycles. The molecule has 2 aromatic rings. The lowest BCUT2D eigenvalue weighted by Gasteiger charge is -2.18. The highest BCUT2D eigenvalue weighted by Gasteiger charge is 2.22.